The van der Waals surface area contributed by atoms with E-state index in [0.29, 0.717) is 11.1 Å². The highest BCUT2D eigenvalue weighted by molar-refractivity contribution is 5.95. The van der Waals surface area contributed by atoms with Crippen LogP contribution in [0.3, 0.4) is 0 Å². The molecule has 0 aliphatic rings. The fraction of sp³-hybridized carbons (Fsp3) is 0.258. The molecule has 0 saturated carbocycles. The Morgan fingerprint density at radius 3 is 1.56 bits per heavy atom. The highest BCUT2D eigenvalue weighted by atomic mass is 16.4. The van der Waals surface area contributed by atoms with Gasteiger partial charge in [0.2, 0.25) is 17.7 Å². The number of carboxylic acids is 2. The number of hydrogen-bond acceptors (Lipinski definition) is 7. The van der Waals surface area contributed by atoms with E-state index in [-0.39, 0.29) is 25.0 Å². The standard InChI is InChI=1S/C31H34N4O8/c32-23(15-19-7-3-1-4-8-19)28(39)33-25(18-27(37)38)30(41)34-24(16-20-9-5-2-6-10-20)29(40)35-26(31(42)43)17-21-11-13-22(36)14-12-21/h1-14,23-26,36H,15-18,32H2,(H,33,39)(H,34,41)(H,35,40)(H,37,38)(H,42,43). The van der Waals surface area contributed by atoms with Crippen LogP contribution < -0.4 is 21.7 Å². The molecule has 12 heteroatoms. The predicted molar refractivity (Wildman–Crippen MR) is 156 cm³/mol. The molecule has 8 N–H and O–H groups in total. The minimum atomic E-state index is -1.56. The van der Waals surface area contributed by atoms with Gasteiger partial charge in [0, 0.05) is 12.8 Å². The van der Waals surface area contributed by atoms with Gasteiger partial charge in [-0.05, 0) is 35.2 Å². The van der Waals surface area contributed by atoms with Crippen LogP contribution in [0.15, 0.2) is 84.9 Å². The Balaban J connectivity index is 1.77. The number of carboxylic acid groups (broad SMARTS) is 2. The summed E-state index contributed by atoms with van der Waals surface area (Å²) in [6, 6.07) is 18.0. The van der Waals surface area contributed by atoms with Crippen LogP contribution in [0, 0.1) is 0 Å². The second kappa shape index (κ2) is 15.7. The van der Waals surface area contributed by atoms with Crippen LogP contribution in [0.5, 0.6) is 5.75 Å². The molecule has 226 valence electrons. The van der Waals surface area contributed by atoms with Gasteiger partial charge in [0.25, 0.3) is 0 Å². The fourth-order valence-electron chi connectivity index (χ4n) is 4.29. The molecule has 0 aliphatic heterocycles. The van der Waals surface area contributed by atoms with Crippen molar-refractivity contribution in [2.45, 2.75) is 49.9 Å². The molecule has 0 bridgehead atoms. The maximum Gasteiger partial charge on any atom is 0.326 e. The number of carbonyl (C=O) groups excluding carboxylic acids is 3. The van der Waals surface area contributed by atoms with E-state index in [2.05, 4.69) is 16.0 Å². The van der Waals surface area contributed by atoms with Gasteiger partial charge >= 0.3 is 11.9 Å². The van der Waals surface area contributed by atoms with Gasteiger partial charge in [-0.15, -0.1) is 0 Å². The lowest BCUT2D eigenvalue weighted by Gasteiger charge is -2.25. The molecule has 4 atom stereocenters. The summed E-state index contributed by atoms with van der Waals surface area (Å²) in [4.78, 5) is 63.0. The number of phenols is 1. The highest BCUT2D eigenvalue weighted by Gasteiger charge is 2.31. The van der Waals surface area contributed by atoms with Gasteiger partial charge in [-0.1, -0.05) is 72.8 Å². The molecular weight excluding hydrogens is 556 g/mol. The molecule has 0 radical (unpaired) electrons. The lowest BCUT2D eigenvalue weighted by atomic mass is 10.0. The van der Waals surface area contributed by atoms with Crippen LogP contribution >= 0.6 is 0 Å². The van der Waals surface area contributed by atoms with Crippen molar-refractivity contribution in [3.05, 3.63) is 102 Å². The van der Waals surface area contributed by atoms with Crippen LogP contribution in [0.4, 0.5) is 0 Å². The molecule has 4 unspecified atom stereocenters. The van der Waals surface area contributed by atoms with Crippen molar-refractivity contribution >= 4 is 29.7 Å². The first kappa shape index (κ1) is 32.3. The number of nitrogens with two attached hydrogens (primary N) is 1. The maximum atomic E-state index is 13.4. The van der Waals surface area contributed by atoms with E-state index in [1.54, 1.807) is 60.7 Å². The molecule has 3 aromatic rings. The van der Waals surface area contributed by atoms with Gasteiger partial charge < -0.3 is 37.0 Å². The van der Waals surface area contributed by atoms with Crippen LogP contribution in [0.1, 0.15) is 23.1 Å². The Morgan fingerprint density at radius 2 is 1.02 bits per heavy atom. The Labute approximate surface area is 247 Å². The van der Waals surface area contributed by atoms with Gasteiger partial charge in [0.1, 0.15) is 23.9 Å². The number of rotatable bonds is 15. The molecular formula is C31H34N4O8. The van der Waals surface area contributed by atoms with Crippen molar-refractivity contribution in [1.82, 2.24) is 16.0 Å². The number of carbonyl (C=O) groups is 5. The number of nitrogens with one attached hydrogen (secondary N) is 3. The van der Waals surface area contributed by atoms with Crippen molar-refractivity contribution in [2.75, 3.05) is 0 Å². The number of benzene rings is 3. The number of aliphatic carboxylic acids is 2. The smallest absolute Gasteiger partial charge is 0.326 e. The number of hydrogen-bond donors (Lipinski definition) is 7. The van der Waals surface area contributed by atoms with Crippen molar-refractivity contribution < 1.29 is 39.3 Å². The summed E-state index contributed by atoms with van der Waals surface area (Å²) in [6.07, 6.45) is -0.797. The van der Waals surface area contributed by atoms with E-state index in [1.807, 2.05) is 0 Å². The first-order chi connectivity index (χ1) is 20.5. The van der Waals surface area contributed by atoms with Crippen LogP contribution in [0.2, 0.25) is 0 Å². The third kappa shape index (κ3) is 10.6. The number of phenolic OH excluding ortho intramolecular Hbond substituents is 1. The lowest BCUT2D eigenvalue weighted by molar-refractivity contribution is -0.143. The third-order valence-corrected chi connectivity index (χ3v) is 6.55. The average molecular weight is 591 g/mol. The predicted octanol–water partition coefficient (Wildman–Crippen LogP) is 0.761. The van der Waals surface area contributed by atoms with Crippen molar-refractivity contribution in [2.24, 2.45) is 5.73 Å². The number of aromatic hydroxyl groups is 1. The van der Waals surface area contributed by atoms with E-state index in [4.69, 9.17) is 5.73 Å². The van der Waals surface area contributed by atoms with Crippen molar-refractivity contribution in [3.8, 4) is 5.75 Å². The SMILES string of the molecule is NC(Cc1ccccc1)C(=O)NC(CC(=O)O)C(=O)NC(Cc1ccccc1)C(=O)NC(Cc1ccc(O)cc1)C(=O)O. The Kier molecular flexibility index (Phi) is 11.8. The van der Waals surface area contributed by atoms with E-state index < -0.39 is 60.2 Å². The van der Waals surface area contributed by atoms with Crippen LogP contribution in [0.25, 0.3) is 0 Å². The molecule has 3 amide bonds. The topological polar surface area (TPSA) is 208 Å². The summed E-state index contributed by atoms with van der Waals surface area (Å²) in [5, 5.41) is 36.0. The fourth-order valence-corrected chi connectivity index (χ4v) is 4.29. The zero-order chi connectivity index (χ0) is 31.4. The minimum Gasteiger partial charge on any atom is -0.508 e. The summed E-state index contributed by atoms with van der Waals surface area (Å²) in [7, 11) is 0. The van der Waals surface area contributed by atoms with Gasteiger partial charge in [-0.25, -0.2) is 4.79 Å². The summed E-state index contributed by atoms with van der Waals surface area (Å²) in [6.45, 7) is 0. The molecule has 0 aromatic heterocycles. The Morgan fingerprint density at radius 1 is 0.581 bits per heavy atom. The molecule has 0 fully saturated rings. The average Bonchev–Trinajstić information content (AvgIpc) is 2.97. The molecule has 43 heavy (non-hydrogen) atoms. The first-order valence-electron chi connectivity index (χ1n) is 13.5. The second-order valence-corrected chi connectivity index (χ2v) is 9.98. The maximum absolute atomic E-state index is 13.4. The summed E-state index contributed by atoms with van der Waals surface area (Å²) >= 11 is 0. The summed E-state index contributed by atoms with van der Waals surface area (Å²) in [5.74, 6) is -5.24. The van der Waals surface area contributed by atoms with Gasteiger partial charge in [0.15, 0.2) is 0 Å². The van der Waals surface area contributed by atoms with Gasteiger partial charge in [0.05, 0.1) is 12.5 Å². The van der Waals surface area contributed by atoms with Crippen LogP contribution in [-0.4, -0.2) is 69.1 Å². The van der Waals surface area contributed by atoms with E-state index >= 15 is 0 Å². The molecule has 3 rings (SSSR count). The second-order valence-electron chi connectivity index (χ2n) is 9.98. The minimum absolute atomic E-state index is 0.00525. The Bertz CT molecular complexity index is 1400. The van der Waals surface area contributed by atoms with E-state index in [9.17, 15) is 39.3 Å². The van der Waals surface area contributed by atoms with Crippen LogP contribution in [-0.2, 0) is 43.2 Å². The molecule has 12 nitrogen and oxygen atoms in total. The van der Waals surface area contributed by atoms with E-state index in [0.717, 1.165) is 5.56 Å². The largest absolute Gasteiger partial charge is 0.508 e. The zero-order valence-corrected chi connectivity index (χ0v) is 23.2. The highest BCUT2D eigenvalue weighted by Crippen LogP contribution is 2.12. The molecule has 3 aromatic carbocycles. The third-order valence-electron chi connectivity index (χ3n) is 6.55. The monoisotopic (exact) mass is 590 g/mol. The quantitative estimate of drug-likeness (QED) is 0.133. The molecule has 0 saturated heterocycles. The summed E-state index contributed by atoms with van der Waals surface area (Å²) < 4.78 is 0. The first-order valence-corrected chi connectivity index (χ1v) is 13.5. The zero-order valence-electron chi connectivity index (χ0n) is 23.2. The van der Waals surface area contributed by atoms with Gasteiger partial charge in [-0.3, -0.25) is 19.2 Å². The lowest BCUT2D eigenvalue weighted by Crippen LogP contribution is -2.58. The molecule has 0 heterocycles. The van der Waals surface area contributed by atoms with Crippen molar-refractivity contribution in [3.63, 3.8) is 0 Å². The molecule has 0 spiro atoms. The number of amides is 3. The molecule has 0 aliphatic carbocycles. The van der Waals surface area contributed by atoms with Crippen molar-refractivity contribution in [1.29, 1.82) is 0 Å². The Hall–Kier alpha value is -5.23. The van der Waals surface area contributed by atoms with Gasteiger partial charge in [-0.2, -0.15) is 0 Å². The summed E-state index contributed by atoms with van der Waals surface area (Å²) in [5.41, 5.74) is 7.95. The normalized spacial score (nSPS) is 13.5. The van der Waals surface area contributed by atoms with E-state index in [1.165, 1.54) is 24.3 Å².